The summed E-state index contributed by atoms with van der Waals surface area (Å²) in [5, 5.41) is 0. The molecule has 10 heteroatoms. The summed E-state index contributed by atoms with van der Waals surface area (Å²) in [4.78, 5) is 12.6. The van der Waals surface area contributed by atoms with Crippen LogP contribution in [0.1, 0.15) is 5.56 Å². The molecule has 0 saturated heterocycles. The molecule has 1 rings (SSSR count). The van der Waals surface area contributed by atoms with Gasteiger partial charge in [-0.25, -0.2) is 0 Å². The Morgan fingerprint density at radius 2 is 1.72 bits per heavy atom. The summed E-state index contributed by atoms with van der Waals surface area (Å²) in [6.07, 6.45) is -10.3. The molecular weight excluding hydrogens is 272 g/mol. The van der Waals surface area contributed by atoms with E-state index in [0.717, 1.165) is 7.11 Å². The van der Waals surface area contributed by atoms with Gasteiger partial charge in [0, 0.05) is 6.07 Å². The van der Waals surface area contributed by atoms with Crippen LogP contribution in [0.25, 0.3) is 0 Å². The van der Waals surface area contributed by atoms with E-state index in [-0.39, 0.29) is 6.07 Å². The van der Waals surface area contributed by atoms with Gasteiger partial charge in [-0.05, 0) is 0 Å². The lowest BCUT2D eigenvalue weighted by Gasteiger charge is -2.14. The van der Waals surface area contributed by atoms with E-state index in [9.17, 15) is 31.1 Å². The Morgan fingerprint density at radius 3 is 2.11 bits per heavy atom. The molecule has 0 aliphatic heterocycles. The number of aromatic amines is 1. The largest absolute Gasteiger partial charge is 0.574 e. The van der Waals surface area contributed by atoms with Crippen LogP contribution in [0.4, 0.5) is 26.3 Å². The molecule has 102 valence electrons. The zero-order valence-electron chi connectivity index (χ0n) is 8.57. The molecule has 1 aromatic heterocycles. The predicted octanol–water partition coefficient (Wildman–Crippen LogP) is 2.30. The van der Waals surface area contributed by atoms with Crippen molar-refractivity contribution in [2.45, 2.75) is 12.5 Å². The highest BCUT2D eigenvalue weighted by atomic mass is 19.4. The molecule has 0 saturated carbocycles. The van der Waals surface area contributed by atoms with Crippen LogP contribution in [0.15, 0.2) is 10.9 Å². The lowest BCUT2D eigenvalue weighted by atomic mass is 10.2. The van der Waals surface area contributed by atoms with E-state index in [0.29, 0.717) is 0 Å². The van der Waals surface area contributed by atoms with Gasteiger partial charge in [-0.3, -0.25) is 9.78 Å². The number of hydrogen-bond donors (Lipinski definition) is 1. The number of aromatic nitrogens is 1. The van der Waals surface area contributed by atoms with Gasteiger partial charge in [-0.1, -0.05) is 0 Å². The zero-order valence-corrected chi connectivity index (χ0v) is 8.57. The fourth-order valence-electron chi connectivity index (χ4n) is 1.12. The Bertz CT molecular complexity index is 489. The fraction of sp³-hybridized carbons (Fsp3) is 0.375. The van der Waals surface area contributed by atoms with E-state index in [2.05, 4.69) is 9.47 Å². The average molecular weight is 277 g/mol. The monoisotopic (exact) mass is 277 g/mol. The third-order valence-corrected chi connectivity index (χ3v) is 1.70. The van der Waals surface area contributed by atoms with Crippen molar-refractivity contribution in [2.24, 2.45) is 0 Å². The highest BCUT2D eigenvalue weighted by Crippen LogP contribution is 2.36. The molecular formula is C8H5F6NO3. The molecule has 0 unspecified atom stereocenters. The molecule has 0 aliphatic carbocycles. The van der Waals surface area contributed by atoms with Crippen LogP contribution in [-0.2, 0) is 6.18 Å². The number of rotatable bonds is 2. The van der Waals surface area contributed by atoms with Crippen molar-refractivity contribution in [3.05, 3.63) is 22.0 Å². The van der Waals surface area contributed by atoms with Crippen LogP contribution in [0.3, 0.4) is 0 Å². The number of pyridine rings is 1. The van der Waals surface area contributed by atoms with Gasteiger partial charge in [-0.15, -0.1) is 13.2 Å². The van der Waals surface area contributed by atoms with Crippen molar-refractivity contribution >= 4 is 0 Å². The van der Waals surface area contributed by atoms with Crippen LogP contribution >= 0.6 is 0 Å². The number of hydrogen-bond acceptors (Lipinski definition) is 3. The second kappa shape index (κ2) is 4.42. The van der Waals surface area contributed by atoms with E-state index < -0.39 is 35.3 Å². The molecule has 0 amide bonds. The molecule has 0 spiro atoms. The maximum absolute atomic E-state index is 12.5. The molecule has 0 aromatic carbocycles. The van der Waals surface area contributed by atoms with Crippen molar-refractivity contribution in [3.63, 3.8) is 0 Å². The minimum Gasteiger partial charge on any atom is -0.491 e. The number of methoxy groups -OCH3 is 1. The second-order valence-corrected chi connectivity index (χ2v) is 2.96. The maximum Gasteiger partial charge on any atom is 0.574 e. The first-order chi connectivity index (χ1) is 8.04. The zero-order chi connectivity index (χ0) is 14.1. The molecule has 0 bridgehead atoms. The third kappa shape index (κ3) is 3.31. The summed E-state index contributed by atoms with van der Waals surface area (Å²) in [6, 6.07) is -0.00623. The Kier molecular flexibility index (Phi) is 3.49. The van der Waals surface area contributed by atoms with E-state index in [1.165, 1.54) is 4.98 Å². The molecule has 0 atom stereocenters. The molecule has 0 radical (unpaired) electrons. The first-order valence-corrected chi connectivity index (χ1v) is 4.19. The third-order valence-electron chi connectivity index (χ3n) is 1.70. The topological polar surface area (TPSA) is 51.3 Å². The molecule has 18 heavy (non-hydrogen) atoms. The van der Waals surface area contributed by atoms with Crippen molar-refractivity contribution in [1.29, 1.82) is 0 Å². The number of halogens is 6. The molecule has 0 aliphatic rings. The number of H-pyrrole nitrogens is 1. The summed E-state index contributed by atoms with van der Waals surface area (Å²) >= 11 is 0. The Labute approximate surface area is 95.1 Å². The number of ether oxygens (including phenoxy) is 2. The Balaban J connectivity index is 3.36. The van der Waals surface area contributed by atoms with Crippen LogP contribution in [0, 0.1) is 0 Å². The Hall–Kier alpha value is -1.87. The SMILES string of the molecule is COc1c(C(F)(F)F)cc(OC(F)(F)F)[nH]c1=O. The quantitative estimate of drug-likeness (QED) is 0.844. The minimum atomic E-state index is -5.22. The highest BCUT2D eigenvalue weighted by molar-refractivity contribution is 5.37. The van der Waals surface area contributed by atoms with Crippen molar-refractivity contribution in [3.8, 4) is 11.6 Å². The van der Waals surface area contributed by atoms with Gasteiger partial charge in [0.25, 0.3) is 5.56 Å². The summed E-state index contributed by atoms with van der Waals surface area (Å²) < 4.78 is 80.3. The van der Waals surface area contributed by atoms with Crippen LogP contribution in [-0.4, -0.2) is 18.5 Å². The van der Waals surface area contributed by atoms with Gasteiger partial charge < -0.3 is 9.47 Å². The molecule has 4 nitrogen and oxygen atoms in total. The first kappa shape index (κ1) is 14.2. The van der Waals surface area contributed by atoms with E-state index in [4.69, 9.17) is 0 Å². The fourth-order valence-corrected chi connectivity index (χ4v) is 1.12. The Morgan fingerprint density at radius 1 is 1.17 bits per heavy atom. The highest BCUT2D eigenvalue weighted by Gasteiger charge is 2.38. The van der Waals surface area contributed by atoms with E-state index in [1.807, 2.05) is 0 Å². The predicted molar refractivity (Wildman–Crippen MR) is 45.3 cm³/mol. The summed E-state index contributed by atoms with van der Waals surface area (Å²) in [5.74, 6) is -2.52. The minimum absolute atomic E-state index is 0.00623. The second-order valence-electron chi connectivity index (χ2n) is 2.96. The van der Waals surface area contributed by atoms with Crippen LogP contribution < -0.4 is 15.0 Å². The smallest absolute Gasteiger partial charge is 0.491 e. The van der Waals surface area contributed by atoms with E-state index in [1.54, 1.807) is 0 Å². The standard InChI is InChI=1S/C8H5F6NO3/c1-17-5-3(7(9,10)11)2-4(15-6(5)16)18-8(12,13)14/h2H,1H3,(H,15,16). The normalized spacial score (nSPS) is 12.4. The van der Waals surface area contributed by atoms with Gasteiger partial charge in [-0.2, -0.15) is 13.2 Å². The van der Waals surface area contributed by atoms with Crippen LogP contribution in [0.5, 0.6) is 11.6 Å². The molecule has 0 fully saturated rings. The van der Waals surface area contributed by atoms with Gasteiger partial charge in [0.1, 0.15) is 5.56 Å². The molecule has 1 aromatic rings. The van der Waals surface area contributed by atoms with Gasteiger partial charge in [0.2, 0.25) is 5.88 Å². The van der Waals surface area contributed by atoms with Gasteiger partial charge >= 0.3 is 12.5 Å². The summed E-state index contributed by atoms with van der Waals surface area (Å²) in [6.45, 7) is 0. The lowest BCUT2D eigenvalue weighted by Crippen LogP contribution is -2.23. The van der Waals surface area contributed by atoms with Crippen molar-refractivity contribution in [1.82, 2.24) is 4.98 Å². The van der Waals surface area contributed by atoms with Crippen LogP contribution in [0.2, 0.25) is 0 Å². The van der Waals surface area contributed by atoms with Crippen molar-refractivity contribution in [2.75, 3.05) is 7.11 Å². The number of nitrogens with one attached hydrogen (secondary N) is 1. The molecule has 1 N–H and O–H groups in total. The first-order valence-electron chi connectivity index (χ1n) is 4.19. The van der Waals surface area contributed by atoms with Crippen molar-refractivity contribution < 1.29 is 35.8 Å². The van der Waals surface area contributed by atoms with Gasteiger partial charge in [0.05, 0.1) is 7.11 Å². The maximum atomic E-state index is 12.5. The number of alkyl halides is 6. The average Bonchev–Trinajstić information content (AvgIpc) is 2.12. The molecule has 1 heterocycles. The van der Waals surface area contributed by atoms with Gasteiger partial charge in [0.15, 0.2) is 5.75 Å². The summed E-state index contributed by atoms with van der Waals surface area (Å²) in [5.41, 5.74) is -3.14. The summed E-state index contributed by atoms with van der Waals surface area (Å²) in [7, 11) is 0.782. The van der Waals surface area contributed by atoms with E-state index >= 15 is 0 Å². The lowest BCUT2D eigenvalue weighted by molar-refractivity contribution is -0.276.